The number of carbonyl (C=O) groups excluding carboxylic acids is 1. The van der Waals surface area contributed by atoms with E-state index in [-0.39, 0.29) is 25.5 Å². The number of aryl methyl sites for hydroxylation is 2. The van der Waals surface area contributed by atoms with Gasteiger partial charge in [0.1, 0.15) is 0 Å². The molecule has 1 aliphatic rings. The number of benzene rings is 2. The fourth-order valence-corrected chi connectivity index (χ4v) is 5.23. The number of amides is 1. The minimum Gasteiger partial charge on any atom is -0.325 e. The number of nitrogens with zero attached hydrogens (tertiary/aromatic N) is 1. The van der Waals surface area contributed by atoms with E-state index in [1.165, 1.54) is 12.1 Å². The summed E-state index contributed by atoms with van der Waals surface area (Å²) < 4.78 is 66.5. The number of carbonyl (C=O) groups is 1. The molecule has 0 aliphatic carbocycles. The molecule has 2 N–H and O–H groups in total. The molecule has 0 aromatic heterocycles. The molecular weight excluding hydrogens is 431 g/mol. The molecule has 0 saturated carbocycles. The van der Waals surface area contributed by atoms with Gasteiger partial charge in [-0.15, -0.1) is 0 Å². The molecule has 31 heavy (non-hydrogen) atoms. The Kier molecular flexibility index (Phi) is 6.73. The van der Waals surface area contributed by atoms with Crippen LogP contribution in [0.1, 0.15) is 16.7 Å². The Morgan fingerprint density at radius 2 is 1.74 bits per heavy atom. The van der Waals surface area contributed by atoms with Crippen molar-refractivity contribution in [1.82, 2.24) is 4.31 Å². The minimum atomic E-state index is -4.76. The first-order chi connectivity index (χ1) is 14.5. The van der Waals surface area contributed by atoms with Crippen LogP contribution >= 0.6 is 0 Å². The van der Waals surface area contributed by atoms with E-state index in [9.17, 15) is 26.4 Å². The highest BCUT2D eigenvalue weighted by atomic mass is 32.2. The highest BCUT2D eigenvalue weighted by Gasteiger charge is 2.40. The second kappa shape index (κ2) is 8.97. The van der Waals surface area contributed by atoms with Crippen molar-refractivity contribution in [2.45, 2.75) is 24.9 Å². The Morgan fingerprint density at radius 1 is 1.10 bits per heavy atom. The van der Waals surface area contributed by atoms with Gasteiger partial charge in [-0.1, -0.05) is 24.3 Å². The van der Waals surface area contributed by atoms with Crippen molar-refractivity contribution < 1.29 is 31.3 Å². The predicted octanol–water partition coefficient (Wildman–Crippen LogP) is 1.85. The number of hydrogen-bond donors (Lipinski definition) is 2. The van der Waals surface area contributed by atoms with Crippen molar-refractivity contribution >= 4 is 21.6 Å². The first-order valence-electron chi connectivity index (χ1n) is 9.85. The van der Waals surface area contributed by atoms with Gasteiger partial charge in [0.05, 0.1) is 36.6 Å². The standard InChI is InChI=1S/C21H24F3N3O3S/c1-15-7-8-16(2)18(13-15)25-20(28)14-26-9-11-27(12-10-26)31(29,30)19-6-4-3-5-17(19)21(22,23)24/h3-8,13H,9-12,14H2,1-2H3,(H,25,28)/p+1. The molecule has 2 aromatic carbocycles. The fraction of sp³-hybridized carbons (Fsp3) is 0.381. The number of alkyl halides is 3. The van der Waals surface area contributed by atoms with Gasteiger partial charge >= 0.3 is 6.18 Å². The maximum Gasteiger partial charge on any atom is 0.417 e. The zero-order valence-corrected chi connectivity index (χ0v) is 18.1. The highest BCUT2D eigenvalue weighted by molar-refractivity contribution is 7.89. The van der Waals surface area contributed by atoms with E-state index in [4.69, 9.17) is 0 Å². The number of sulfonamides is 1. The molecule has 0 bridgehead atoms. The van der Waals surface area contributed by atoms with E-state index in [1.54, 1.807) is 0 Å². The number of rotatable bonds is 5. The van der Waals surface area contributed by atoms with E-state index >= 15 is 0 Å². The van der Waals surface area contributed by atoms with Crippen molar-refractivity contribution in [2.24, 2.45) is 0 Å². The SMILES string of the molecule is Cc1ccc(C)c(NC(=O)C[NH+]2CCN(S(=O)(=O)c3ccccc3C(F)(F)F)CC2)c1. The monoisotopic (exact) mass is 456 g/mol. The summed E-state index contributed by atoms with van der Waals surface area (Å²) in [5, 5.41) is 2.87. The summed E-state index contributed by atoms with van der Waals surface area (Å²) in [6.07, 6.45) is -4.76. The van der Waals surface area contributed by atoms with Crippen molar-refractivity contribution in [3.63, 3.8) is 0 Å². The van der Waals surface area contributed by atoms with Gasteiger partial charge in [0.15, 0.2) is 6.54 Å². The van der Waals surface area contributed by atoms with Crippen molar-refractivity contribution in [2.75, 3.05) is 38.0 Å². The van der Waals surface area contributed by atoms with Gasteiger partial charge in [0, 0.05) is 5.69 Å². The summed E-state index contributed by atoms with van der Waals surface area (Å²) in [6, 6.07) is 9.94. The van der Waals surface area contributed by atoms with Gasteiger partial charge in [0.2, 0.25) is 10.0 Å². The smallest absolute Gasteiger partial charge is 0.325 e. The molecule has 6 nitrogen and oxygen atoms in total. The summed E-state index contributed by atoms with van der Waals surface area (Å²) in [7, 11) is -4.29. The Labute approximate surface area is 179 Å². The van der Waals surface area contributed by atoms with Crippen LogP contribution in [0.15, 0.2) is 47.4 Å². The van der Waals surface area contributed by atoms with Crippen molar-refractivity contribution in [3.05, 3.63) is 59.2 Å². The molecular formula is C21H25F3N3O3S+. The molecule has 1 heterocycles. The summed E-state index contributed by atoms with van der Waals surface area (Å²) in [4.78, 5) is 12.5. The summed E-state index contributed by atoms with van der Waals surface area (Å²) in [5.74, 6) is -0.192. The molecule has 0 radical (unpaired) electrons. The lowest BCUT2D eigenvalue weighted by Crippen LogP contribution is -3.15. The molecule has 0 atom stereocenters. The van der Waals surface area contributed by atoms with Crippen LogP contribution in [0.2, 0.25) is 0 Å². The van der Waals surface area contributed by atoms with Crippen LogP contribution in [-0.2, 0) is 21.0 Å². The molecule has 10 heteroatoms. The lowest BCUT2D eigenvalue weighted by molar-refractivity contribution is -0.895. The normalized spacial score (nSPS) is 16.3. The molecule has 3 rings (SSSR count). The average molecular weight is 457 g/mol. The lowest BCUT2D eigenvalue weighted by Gasteiger charge is -2.31. The molecule has 1 aliphatic heterocycles. The van der Waals surface area contributed by atoms with Gasteiger partial charge in [-0.25, -0.2) is 8.42 Å². The van der Waals surface area contributed by atoms with Gasteiger partial charge in [0.25, 0.3) is 5.91 Å². The van der Waals surface area contributed by atoms with Crippen LogP contribution in [0.5, 0.6) is 0 Å². The minimum absolute atomic E-state index is 0.0423. The molecule has 168 valence electrons. The van der Waals surface area contributed by atoms with Crippen molar-refractivity contribution in [1.29, 1.82) is 0 Å². The number of halogens is 3. The number of anilines is 1. The molecule has 1 saturated heterocycles. The zero-order valence-electron chi connectivity index (χ0n) is 17.3. The number of nitrogens with one attached hydrogen (secondary N) is 2. The largest absolute Gasteiger partial charge is 0.417 e. The molecule has 2 aromatic rings. The second-order valence-electron chi connectivity index (χ2n) is 7.69. The molecule has 1 fully saturated rings. The third-order valence-corrected chi connectivity index (χ3v) is 7.27. The van der Waals surface area contributed by atoms with Crippen LogP contribution in [0.3, 0.4) is 0 Å². The molecule has 0 unspecified atom stereocenters. The summed E-state index contributed by atoms with van der Waals surface area (Å²) in [5.41, 5.74) is 1.52. The van der Waals surface area contributed by atoms with Crippen LogP contribution in [0, 0.1) is 13.8 Å². The Hall–Kier alpha value is -2.43. The van der Waals surface area contributed by atoms with E-state index in [2.05, 4.69) is 5.32 Å². The molecule has 0 spiro atoms. The van der Waals surface area contributed by atoms with Gasteiger partial charge in [-0.05, 0) is 43.2 Å². The third kappa shape index (κ3) is 5.44. The van der Waals surface area contributed by atoms with Crippen LogP contribution in [0.25, 0.3) is 0 Å². The lowest BCUT2D eigenvalue weighted by atomic mass is 10.1. The van der Waals surface area contributed by atoms with Crippen LogP contribution in [0.4, 0.5) is 18.9 Å². The van der Waals surface area contributed by atoms with E-state index in [0.29, 0.717) is 13.1 Å². The quantitative estimate of drug-likeness (QED) is 0.722. The van der Waals surface area contributed by atoms with Crippen LogP contribution < -0.4 is 10.2 Å². The Balaban J connectivity index is 1.63. The first-order valence-corrected chi connectivity index (χ1v) is 11.3. The molecule has 1 amide bonds. The van der Waals surface area contributed by atoms with Crippen molar-refractivity contribution in [3.8, 4) is 0 Å². The van der Waals surface area contributed by atoms with E-state index in [0.717, 1.165) is 38.2 Å². The number of piperazine rings is 1. The topological polar surface area (TPSA) is 70.9 Å². The Morgan fingerprint density at radius 3 is 2.39 bits per heavy atom. The summed E-state index contributed by atoms with van der Waals surface area (Å²) >= 11 is 0. The van der Waals surface area contributed by atoms with Crippen LogP contribution in [-0.4, -0.2) is 51.4 Å². The summed E-state index contributed by atoms with van der Waals surface area (Å²) in [6.45, 7) is 4.71. The maximum absolute atomic E-state index is 13.3. The first kappa shape index (κ1) is 23.2. The third-order valence-electron chi connectivity index (χ3n) is 5.32. The second-order valence-corrected chi connectivity index (χ2v) is 9.60. The average Bonchev–Trinajstić information content (AvgIpc) is 2.70. The highest BCUT2D eigenvalue weighted by Crippen LogP contribution is 2.35. The van der Waals surface area contributed by atoms with Gasteiger partial charge in [-0.2, -0.15) is 17.5 Å². The Bertz CT molecular complexity index is 1060. The number of quaternary nitrogens is 1. The van der Waals surface area contributed by atoms with E-state index in [1.807, 2.05) is 32.0 Å². The fourth-order valence-electron chi connectivity index (χ4n) is 3.58. The zero-order chi connectivity index (χ0) is 22.8. The van der Waals surface area contributed by atoms with Gasteiger partial charge < -0.3 is 10.2 Å². The van der Waals surface area contributed by atoms with Gasteiger partial charge in [-0.3, -0.25) is 4.79 Å². The van der Waals surface area contributed by atoms with E-state index < -0.39 is 26.7 Å². The number of hydrogen-bond acceptors (Lipinski definition) is 3. The predicted molar refractivity (Wildman–Crippen MR) is 110 cm³/mol. The maximum atomic E-state index is 13.3.